The van der Waals surface area contributed by atoms with E-state index in [1.165, 1.54) is 23.5 Å². The molecule has 1 aliphatic carbocycles. The van der Waals surface area contributed by atoms with Crippen LogP contribution in [0.2, 0.25) is 0 Å². The maximum atomic E-state index is 13.4. The zero-order chi connectivity index (χ0) is 21.9. The fourth-order valence-electron chi connectivity index (χ4n) is 4.24. The Labute approximate surface area is 190 Å². The number of amides is 1. The molecule has 164 valence electrons. The first-order valence-electron chi connectivity index (χ1n) is 10.8. The predicted molar refractivity (Wildman–Crippen MR) is 122 cm³/mol. The molecule has 1 aliphatic rings. The van der Waals surface area contributed by atoms with Gasteiger partial charge in [0.15, 0.2) is 4.96 Å². The topological polar surface area (TPSA) is 46.8 Å². The van der Waals surface area contributed by atoms with E-state index < -0.39 is 0 Å². The van der Waals surface area contributed by atoms with Crippen LogP contribution in [-0.4, -0.2) is 26.2 Å². The van der Waals surface area contributed by atoms with Crippen molar-refractivity contribution in [2.45, 2.75) is 44.9 Å². The third-order valence-corrected chi connectivity index (χ3v) is 6.68. The van der Waals surface area contributed by atoms with Crippen LogP contribution in [0, 0.1) is 5.82 Å². The Morgan fingerprint density at radius 2 is 1.97 bits per heavy atom. The van der Waals surface area contributed by atoms with Crippen molar-refractivity contribution in [1.29, 1.82) is 0 Å². The second-order valence-electron chi connectivity index (χ2n) is 8.15. The molecule has 5 rings (SSSR count). The van der Waals surface area contributed by atoms with E-state index in [9.17, 15) is 9.18 Å². The average Bonchev–Trinajstić information content (AvgIpc) is 3.55. The number of thiazole rings is 1. The van der Waals surface area contributed by atoms with Crippen molar-refractivity contribution in [3.63, 3.8) is 0 Å². The van der Waals surface area contributed by atoms with E-state index >= 15 is 0 Å². The Morgan fingerprint density at radius 1 is 1.16 bits per heavy atom. The number of carbonyl (C=O) groups excluding carboxylic acids is 1. The fourth-order valence-corrected chi connectivity index (χ4v) is 4.94. The SMILES string of the molecule is O=C(c1cn2ccsc2n1)N(Cc1cccc(OCc2ccc(F)cc2)c1)C1CCCC1. The zero-order valence-corrected chi connectivity index (χ0v) is 18.4. The van der Waals surface area contributed by atoms with Crippen LogP contribution in [0.1, 0.15) is 47.3 Å². The van der Waals surface area contributed by atoms with Crippen LogP contribution < -0.4 is 4.74 Å². The third kappa shape index (κ3) is 4.53. The molecule has 0 N–H and O–H groups in total. The van der Waals surface area contributed by atoms with E-state index in [2.05, 4.69) is 4.98 Å². The number of halogens is 1. The van der Waals surface area contributed by atoms with Gasteiger partial charge in [-0.15, -0.1) is 11.3 Å². The third-order valence-electron chi connectivity index (χ3n) is 5.91. The van der Waals surface area contributed by atoms with Gasteiger partial charge in [0.25, 0.3) is 5.91 Å². The van der Waals surface area contributed by atoms with Crippen molar-refractivity contribution >= 4 is 22.2 Å². The van der Waals surface area contributed by atoms with Gasteiger partial charge in [-0.1, -0.05) is 37.1 Å². The maximum Gasteiger partial charge on any atom is 0.274 e. The highest BCUT2D eigenvalue weighted by molar-refractivity contribution is 7.15. The average molecular weight is 450 g/mol. The molecule has 1 amide bonds. The molecule has 0 bridgehead atoms. The van der Waals surface area contributed by atoms with Gasteiger partial charge in [-0.05, 0) is 48.2 Å². The van der Waals surface area contributed by atoms with Gasteiger partial charge in [0.1, 0.15) is 23.9 Å². The van der Waals surface area contributed by atoms with Crippen molar-refractivity contribution in [2.75, 3.05) is 0 Å². The number of rotatable bonds is 7. The summed E-state index contributed by atoms with van der Waals surface area (Å²) in [6.45, 7) is 0.878. The molecule has 5 nitrogen and oxygen atoms in total. The first-order chi connectivity index (χ1) is 15.7. The highest BCUT2D eigenvalue weighted by atomic mass is 32.1. The molecular formula is C25H24FN3O2S. The highest BCUT2D eigenvalue weighted by Crippen LogP contribution is 2.28. The van der Waals surface area contributed by atoms with E-state index in [1.54, 1.807) is 12.1 Å². The minimum Gasteiger partial charge on any atom is -0.489 e. The maximum absolute atomic E-state index is 13.4. The number of aromatic nitrogens is 2. The van der Waals surface area contributed by atoms with Crippen molar-refractivity contribution in [2.24, 2.45) is 0 Å². The lowest BCUT2D eigenvalue weighted by Gasteiger charge is -2.28. The van der Waals surface area contributed by atoms with Crippen molar-refractivity contribution in [3.8, 4) is 5.75 Å². The van der Waals surface area contributed by atoms with Gasteiger partial charge < -0.3 is 9.64 Å². The molecule has 0 atom stereocenters. The van der Waals surface area contributed by atoms with Crippen molar-refractivity contribution in [3.05, 3.63) is 88.9 Å². The molecule has 7 heteroatoms. The lowest BCUT2D eigenvalue weighted by molar-refractivity contribution is 0.0659. The molecule has 0 aliphatic heterocycles. The second-order valence-corrected chi connectivity index (χ2v) is 9.03. The number of carbonyl (C=O) groups is 1. The smallest absolute Gasteiger partial charge is 0.274 e. The molecule has 1 saturated carbocycles. The summed E-state index contributed by atoms with van der Waals surface area (Å²) in [6.07, 6.45) is 8.08. The number of benzene rings is 2. The molecule has 0 radical (unpaired) electrons. The van der Waals surface area contributed by atoms with Crippen LogP contribution in [-0.2, 0) is 13.2 Å². The number of hydrogen-bond acceptors (Lipinski definition) is 4. The largest absolute Gasteiger partial charge is 0.489 e. The quantitative estimate of drug-likeness (QED) is 0.364. The summed E-state index contributed by atoms with van der Waals surface area (Å²) >= 11 is 1.52. The summed E-state index contributed by atoms with van der Waals surface area (Å²) in [4.78, 5) is 20.8. The number of hydrogen-bond donors (Lipinski definition) is 0. The van der Waals surface area contributed by atoms with Gasteiger partial charge in [-0.25, -0.2) is 9.37 Å². The minimum atomic E-state index is -0.259. The predicted octanol–water partition coefficient (Wildman–Crippen LogP) is 5.70. The summed E-state index contributed by atoms with van der Waals surface area (Å²) in [5.74, 6) is 0.448. The van der Waals surface area contributed by atoms with Crippen molar-refractivity contribution < 1.29 is 13.9 Å². The molecule has 32 heavy (non-hydrogen) atoms. The monoisotopic (exact) mass is 449 g/mol. The highest BCUT2D eigenvalue weighted by Gasteiger charge is 2.29. The van der Waals surface area contributed by atoms with Gasteiger partial charge in [0, 0.05) is 30.4 Å². The van der Waals surface area contributed by atoms with E-state index in [1.807, 2.05) is 51.3 Å². The molecule has 0 unspecified atom stereocenters. The molecule has 2 aromatic carbocycles. The minimum absolute atomic E-state index is 0.0227. The van der Waals surface area contributed by atoms with Gasteiger partial charge in [0.05, 0.1) is 0 Å². The molecule has 1 fully saturated rings. The summed E-state index contributed by atoms with van der Waals surface area (Å²) in [6, 6.07) is 14.4. The van der Waals surface area contributed by atoms with E-state index in [0.717, 1.165) is 47.5 Å². The van der Waals surface area contributed by atoms with Crippen molar-refractivity contribution in [1.82, 2.24) is 14.3 Å². The van der Waals surface area contributed by atoms with E-state index in [4.69, 9.17) is 4.74 Å². The molecule has 2 aromatic heterocycles. The molecule has 0 saturated heterocycles. The lowest BCUT2D eigenvalue weighted by Crippen LogP contribution is -2.38. The van der Waals surface area contributed by atoms with Crippen LogP contribution >= 0.6 is 11.3 Å². The van der Waals surface area contributed by atoms with E-state index in [-0.39, 0.29) is 17.8 Å². The first-order valence-corrected chi connectivity index (χ1v) is 11.7. The molecule has 4 aromatic rings. The Bertz CT molecular complexity index is 1180. The van der Waals surface area contributed by atoms with Gasteiger partial charge in [0.2, 0.25) is 0 Å². The number of nitrogens with zero attached hydrogens (tertiary/aromatic N) is 3. The van der Waals surface area contributed by atoms with Gasteiger partial charge in [-0.3, -0.25) is 9.20 Å². The standard InChI is InChI=1S/C25H24FN3O2S/c26-20-10-8-18(9-11-20)17-31-22-7-3-4-19(14-22)15-29(21-5-1-2-6-21)24(30)23-16-28-12-13-32-25(28)27-23/h3-4,7-14,16,21H,1-2,5-6,15,17H2. The summed E-state index contributed by atoms with van der Waals surface area (Å²) in [7, 11) is 0. The van der Waals surface area contributed by atoms with Crippen LogP contribution in [0.3, 0.4) is 0 Å². The number of ether oxygens (including phenoxy) is 1. The molecular weight excluding hydrogens is 425 g/mol. The van der Waals surface area contributed by atoms with Gasteiger partial charge in [-0.2, -0.15) is 0 Å². The van der Waals surface area contributed by atoms with Crippen LogP contribution in [0.15, 0.2) is 66.3 Å². The normalized spacial score (nSPS) is 14.2. The number of imidazole rings is 1. The number of fused-ring (bicyclic) bond motifs is 1. The Balaban J connectivity index is 1.32. The molecule has 2 heterocycles. The Kier molecular flexibility index (Phi) is 5.90. The second kappa shape index (κ2) is 9.12. The van der Waals surface area contributed by atoms with Crippen LogP contribution in [0.5, 0.6) is 5.75 Å². The van der Waals surface area contributed by atoms with Crippen LogP contribution in [0.4, 0.5) is 4.39 Å². The van der Waals surface area contributed by atoms with Crippen LogP contribution in [0.25, 0.3) is 4.96 Å². The summed E-state index contributed by atoms with van der Waals surface area (Å²) in [5.41, 5.74) is 2.41. The van der Waals surface area contributed by atoms with Gasteiger partial charge >= 0.3 is 0 Å². The van der Waals surface area contributed by atoms with E-state index in [0.29, 0.717) is 18.8 Å². The summed E-state index contributed by atoms with van der Waals surface area (Å²) in [5, 5.41) is 1.96. The first kappa shape index (κ1) is 20.7. The molecule has 0 spiro atoms. The fraction of sp³-hybridized carbons (Fsp3) is 0.280. The lowest BCUT2D eigenvalue weighted by atomic mass is 10.1. The zero-order valence-electron chi connectivity index (χ0n) is 17.6. The Hall–Kier alpha value is -3.19. The Morgan fingerprint density at radius 3 is 2.75 bits per heavy atom. The summed E-state index contributed by atoms with van der Waals surface area (Å²) < 4.78 is 20.9.